The first kappa shape index (κ1) is 28.9. The minimum atomic E-state index is -0.204. The first-order valence-electron chi connectivity index (χ1n) is 13.7. The third-order valence-electron chi connectivity index (χ3n) is 6.79. The van der Waals surface area contributed by atoms with Gasteiger partial charge in [0.15, 0.2) is 6.04 Å². The standard InChI is InChI=1S/C31H48NO3/c1-5-7-8-9-10-11-12-16-21-28-22-17-18-23-30(28)34-24-25-35-31(33)29(6-2)32(3,4)26-27-19-14-13-15-20-27/h13-15,17-20,22-23,29H,5-12,16,21,24-26H2,1-4H3/q+1. The number of benzene rings is 2. The van der Waals surface area contributed by atoms with Gasteiger partial charge in [-0.2, -0.15) is 0 Å². The molecule has 0 heterocycles. The average molecular weight is 483 g/mol. The Hall–Kier alpha value is -2.33. The Kier molecular flexibility index (Phi) is 13.5. The highest BCUT2D eigenvalue weighted by atomic mass is 16.6. The van der Waals surface area contributed by atoms with E-state index in [9.17, 15) is 4.79 Å². The summed E-state index contributed by atoms with van der Waals surface area (Å²) in [5.74, 6) is 0.767. The molecule has 0 spiro atoms. The average Bonchev–Trinajstić information content (AvgIpc) is 2.85. The summed E-state index contributed by atoms with van der Waals surface area (Å²) in [5, 5.41) is 0. The first-order chi connectivity index (χ1) is 17.0. The molecule has 2 aromatic carbocycles. The van der Waals surface area contributed by atoms with E-state index >= 15 is 0 Å². The minimum Gasteiger partial charge on any atom is -0.490 e. The van der Waals surface area contributed by atoms with E-state index in [0.717, 1.165) is 25.1 Å². The number of hydrogen-bond donors (Lipinski definition) is 0. The molecule has 4 nitrogen and oxygen atoms in total. The molecular weight excluding hydrogens is 434 g/mol. The van der Waals surface area contributed by atoms with Gasteiger partial charge in [0, 0.05) is 12.0 Å². The van der Waals surface area contributed by atoms with E-state index in [1.165, 1.54) is 62.5 Å². The summed E-state index contributed by atoms with van der Waals surface area (Å²) < 4.78 is 12.2. The van der Waals surface area contributed by atoms with Gasteiger partial charge in [0.1, 0.15) is 25.5 Å². The summed E-state index contributed by atoms with van der Waals surface area (Å²) in [6, 6.07) is 18.4. The van der Waals surface area contributed by atoms with Crippen LogP contribution in [0.2, 0.25) is 0 Å². The maximum absolute atomic E-state index is 12.9. The predicted molar refractivity (Wildman–Crippen MR) is 146 cm³/mol. The minimum absolute atomic E-state index is 0.149. The zero-order valence-electron chi connectivity index (χ0n) is 22.6. The molecule has 4 heteroatoms. The number of carbonyl (C=O) groups is 1. The van der Waals surface area contributed by atoms with Crippen molar-refractivity contribution in [1.82, 2.24) is 0 Å². The molecular formula is C31H48NO3+. The zero-order chi connectivity index (χ0) is 25.4. The molecule has 0 aliphatic carbocycles. The second kappa shape index (κ2) is 16.4. The van der Waals surface area contributed by atoms with Gasteiger partial charge in [-0.05, 0) is 24.5 Å². The molecule has 0 saturated heterocycles. The van der Waals surface area contributed by atoms with E-state index in [-0.39, 0.29) is 18.6 Å². The van der Waals surface area contributed by atoms with Crippen LogP contribution in [-0.4, -0.2) is 43.8 Å². The third-order valence-corrected chi connectivity index (χ3v) is 6.79. The van der Waals surface area contributed by atoms with Crippen molar-refractivity contribution in [2.45, 2.75) is 90.6 Å². The lowest BCUT2D eigenvalue weighted by atomic mass is 10.0. The van der Waals surface area contributed by atoms with Gasteiger partial charge < -0.3 is 14.0 Å². The molecule has 0 bridgehead atoms. The number of carbonyl (C=O) groups excluding carboxylic acids is 1. The molecule has 0 saturated carbocycles. The van der Waals surface area contributed by atoms with Crippen molar-refractivity contribution in [3.8, 4) is 5.75 Å². The van der Waals surface area contributed by atoms with Gasteiger partial charge in [-0.1, -0.05) is 107 Å². The Bertz CT molecular complexity index is 834. The van der Waals surface area contributed by atoms with E-state index in [4.69, 9.17) is 9.47 Å². The molecule has 0 N–H and O–H groups in total. The smallest absolute Gasteiger partial charge is 0.365 e. The molecule has 0 amide bonds. The van der Waals surface area contributed by atoms with Gasteiger partial charge in [0.05, 0.1) is 14.1 Å². The van der Waals surface area contributed by atoms with E-state index < -0.39 is 0 Å². The van der Waals surface area contributed by atoms with Crippen LogP contribution >= 0.6 is 0 Å². The van der Waals surface area contributed by atoms with Gasteiger partial charge in [0.25, 0.3) is 0 Å². The molecule has 2 rings (SSSR count). The number of quaternary nitrogens is 1. The van der Waals surface area contributed by atoms with Crippen molar-refractivity contribution in [3.05, 3.63) is 65.7 Å². The van der Waals surface area contributed by atoms with Crippen LogP contribution in [0.3, 0.4) is 0 Å². The molecule has 0 fully saturated rings. The summed E-state index contributed by atoms with van der Waals surface area (Å²) in [7, 11) is 4.20. The second-order valence-electron chi connectivity index (χ2n) is 10.2. The summed E-state index contributed by atoms with van der Waals surface area (Å²) in [5.41, 5.74) is 2.47. The van der Waals surface area contributed by atoms with Crippen LogP contribution in [0, 0.1) is 0 Å². The molecule has 0 aromatic heterocycles. The van der Waals surface area contributed by atoms with Gasteiger partial charge in [0.2, 0.25) is 0 Å². The van der Waals surface area contributed by atoms with Crippen molar-refractivity contribution in [3.63, 3.8) is 0 Å². The van der Waals surface area contributed by atoms with Crippen LogP contribution in [0.5, 0.6) is 5.75 Å². The normalized spacial score (nSPS) is 12.3. The number of ether oxygens (including phenoxy) is 2. The number of hydrogen-bond acceptors (Lipinski definition) is 3. The summed E-state index contributed by atoms with van der Waals surface area (Å²) in [6.45, 7) is 5.75. The van der Waals surface area contributed by atoms with E-state index in [1.807, 2.05) is 30.3 Å². The summed E-state index contributed by atoms with van der Waals surface area (Å²) in [4.78, 5) is 12.9. The van der Waals surface area contributed by atoms with Crippen molar-refractivity contribution in [1.29, 1.82) is 0 Å². The van der Waals surface area contributed by atoms with Crippen molar-refractivity contribution >= 4 is 5.97 Å². The molecule has 1 atom stereocenters. The van der Waals surface area contributed by atoms with Gasteiger partial charge in [-0.25, -0.2) is 4.79 Å². The van der Waals surface area contributed by atoms with Gasteiger partial charge >= 0.3 is 5.97 Å². The molecule has 0 aliphatic rings. The number of nitrogens with zero attached hydrogens (tertiary/aromatic N) is 1. The van der Waals surface area contributed by atoms with Crippen molar-refractivity contribution < 1.29 is 18.8 Å². The topological polar surface area (TPSA) is 35.5 Å². The number of aryl methyl sites for hydroxylation is 1. The van der Waals surface area contributed by atoms with E-state index in [1.54, 1.807) is 0 Å². The maximum atomic E-state index is 12.9. The lowest BCUT2D eigenvalue weighted by molar-refractivity contribution is -0.919. The van der Waals surface area contributed by atoms with Crippen LogP contribution in [0.4, 0.5) is 0 Å². The first-order valence-corrected chi connectivity index (χ1v) is 13.7. The predicted octanol–water partition coefficient (Wildman–Crippen LogP) is 7.35. The molecule has 1 unspecified atom stereocenters. The van der Waals surface area contributed by atoms with E-state index in [0.29, 0.717) is 11.1 Å². The molecule has 0 radical (unpaired) electrons. The third kappa shape index (κ3) is 10.9. The lowest BCUT2D eigenvalue weighted by Crippen LogP contribution is -2.52. The van der Waals surface area contributed by atoms with Crippen molar-refractivity contribution in [2.75, 3.05) is 27.3 Å². The van der Waals surface area contributed by atoms with Gasteiger partial charge in [-0.3, -0.25) is 0 Å². The van der Waals surface area contributed by atoms with Crippen LogP contribution in [0.1, 0.15) is 82.8 Å². The van der Waals surface area contributed by atoms with Crippen LogP contribution < -0.4 is 4.74 Å². The molecule has 35 heavy (non-hydrogen) atoms. The van der Waals surface area contributed by atoms with E-state index in [2.05, 4.69) is 52.2 Å². The van der Waals surface area contributed by atoms with Crippen LogP contribution in [-0.2, 0) is 22.5 Å². The Balaban J connectivity index is 1.73. The molecule has 194 valence electrons. The summed E-state index contributed by atoms with van der Waals surface area (Å²) >= 11 is 0. The SMILES string of the molecule is CCCCCCCCCCc1ccccc1OCCOC(=O)C(CC)[N+](C)(C)Cc1ccccc1. The quantitative estimate of drug-likeness (QED) is 0.127. The fourth-order valence-electron chi connectivity index (χ4n) is 4.80. The molecule has 2 aromatic rings. The summed E-state index contributed by atoms with van der Waals surface area (Å²) in [6.07, 6.45) is 12.3. The zero-order valence-corrected chi connectivity index (χ0v) is 22.6. The number of unbranched alkanes of at least 4 members (excludes halogenated alkanes) is 7. The lowest BCUT2D eigenvalue weighted by Gasteiger charge is -2.36. The van der Waals surface area contributed by atoms with Crippen LogP contribution in [0.15, 0.2) is 54.6 Å². The Labute approximate surface area is 214 Å². The van der Waals surface area contributed by atoms with Crippen LogP contribution in [0.25, 0.3) is 0 Å². The number of para-hydroxylation sites is 1. The highest BCUT2D eigenvalue weighted by Crippen LogP contribution is 2.21. The number of likely N-dealkylation sites (N-methyl/N-ethyl adjacent to an activating group) is 1. The Morgan fingerprint density at radius 1 is 0.800 bits per heavy atom. The largest absolute Gasteiger partial charge is 0.490 e. The maximum Gasteiger partial charge on any atom is 0.365 e. The highest BCUT2D eigenvalue weighted by Gasteiger charge is 2.34. The monoisotopic (exact) mass is 482 g/mol. The number of esters is 1. The van der Waals surface area contributed by atoms with Crippen molar-refractivity contribution in [2.24, 2.45) is 0 Å². The Morgan fingerprint density at radius 3 is 2.11 bits per heavy atom. The number of rotatable bonds is 18. The fraction of sp³-hybridized carbons (Fsp3) is 0.581. The second-order valence-corrected chi connectivity index (χ2v) is 10.2. The Morgan fingerprint density at radius 2 is 1.43 bits per heavy atom. The fourth-order valence-corrected chi connectivity index (χ4v) is 4.80. The molecule has 0 aliphatic heterocycles. The highest BCUT2D eigenvalue weighted by molar-refractivity contribution is 5.74. The van der Waals surface area contributed by atoms with Gasteiger partial charge in [-0.15, -0.1) is 0 Å².